The number of ether oxygens (including phenoxy) is 2. The fourth-order valence-electron chi connectivity index (χ4n) is 13.7. The normalized spacial score (nSPS) is 23.4. The molecule has 13 heteroatoms. The van der Waals surface area contributed by atoms with Crippen molar-refractivity contribution in [1.29, 1.82) is 0 Å². The maximum absolute atomic E-state index is 15.9. The molecular weight excluding hydrogens is 1100 g/mol. The van der Waals surface area contributed by atoms with Crippen LogP contribution in [0.4, 0.5) is 5.82 Å². The van der Waals surface area contributed by atoms with Crippen LogP contribution in [0.3, 0.4) is 0 Å². The van der Waals surface area contributed by atoms with E-state index in [-0.39, 0.29) is 99.4 Å². The molecule has 1 aliphatic heterocycles. The zero-order chi connectivity index (χ0) is 62.4. The number of nitrogens with zero attached hydrogens (tertiary/aromatic N) is 2. The minimum atomic E-state index is -0.833. The van der Waals surface area contributed by atoms with Gasteiger partial charge in [0.25, 0.3) is 5.97 Å². The molecule has 0 saturated heterocycles. The number of hydrogen-bond acceptors (Lipinski definition) is 7. The van der Waals surface area contributed by atoms with E-state index >= 15 is 9.59 Å². The number of hydrogen-bond donors (Lipinski definition) is 3. The monoisotopic (exact) mass is 1210 g/mol. The molecule has 460 valence electrons. The Morgan fingerprint density at radius 3 is 1.35 bits per heavy atom. The first kappa shape index (κ1) is 71.3. The van der Waals surface area contributed by atoms with Crippen LogP contribution in [-0.4, -0.2) is 57.9 Å². The first-order valence-corrected chi connectivity index (χ1v) is 31.2. The number of nitrogens with one attached hydrogen (secondary N) is 2. The Morgan fingerprint density at radius 1 is 0.607 bits per heavy atom. The van der Waals surface area contributed by atoms with Crippen molar-refractivity contribution in [2.24, 2.45) is 73.0 Å². The number of aliphatic imine (C=N–C) groups is 1. The van der Waals surface area contributed by atoms with Crippen LogP contribution in [0, 0.1) is 68.0 Å². The van der Waals surface area contributed by atoms with Crippen LogP contribution >= 0.6 is 0 Å². The van der Waals surface area contributed by atoms with Crippen LogP contribution < -0.4 is 5.32 Å². The summed E-state index contributed by atoms with van der Waals surface area (Å²) in [5, 5.41) is 16.0. The second kappa shape index (κ2) is 28.6. The number of anilines is 1. The van der Waals surface area contributed by atoms with Gasteiger partial charge in [0.1, 0.15) is 23.6 Å². The Balaban J connectivity index is 0.00000293. The SMILES string of the molecule is CC(=O)O.CCC(CC)(CC)C(=O)N=C1[N-]/C(=C\c2[nH]c(NC(=O)C(CC)(CC)CC)c(C(=O)OC3C(C(C)(C)C)CC(C)CC3C(C)(C)C)c2-c2ccccc2)C(c2ccccc2)=C1C(=O)OC1C(C(C)(C)C)CC(C)CC1C(C)(C)C.[Zn]. The largest absolute Gasteiger partial charge is 0.481 e. The number of esters is 2. The number of carboxylic acid groups (broad SMARTS) is 1. The van der Waals surface area contributed by atoms with Gasteiger partial charge in [0.15, 0.2) is 5.91 Å². The standard InChI is InChI=1S/C69H102N4O6.C2H4O2.Zn/c1-21-68(22-2,23-3)62(76)72-58-54(60(74)78-56-46(64(9,10)11)37-42(7)38-47(56)65(12,13)14)52(44-33-29-27-30-34-44)50(70-58)41-51-53(45-35-31-28-32-36-45)55(59(71-51)73-63(77)69(24-4,25-5)26-6)61(75)79-57-48(66(15,16)17)39-43(8)40-49(57)67(18,19)20;1-2(3)4;/h27-36,41-43,46-49,56-57H,21-26,37-40H2,1-20H3,(H3,70,71,72,73,74,75,76,77);1H3,(H,3,4);/p-1. The number of amides is 2. The molecule has 2 heterocycles. The first-order chi connectivity index (χ1) is 38.6. The third-order valence-electron chi connectivity index (χ3n) is 19.4. The molecule has 0 spiro atoms. The van der Waals surface area contributed by atoms with Crippen LogP contribution in [0.2, 0.25) is 0 Å². The van der Waals surface area contributed by atoms with Crippen LogP contribution in [0.1, 0.15) is 231 Å². The number of amidine groups is 1. The molecule has 4 unspecified atom stereocenters. The van der Waals surface area contributed by atoms with Crippen molar-refractivity contribution < 1.29 is 58.0 Å². The molecule has 2 amide bonds. The number of carbonyl (C=O) groups excluding carboxylic acids is 4. The molecule has 0 bridgehead atoms. The fourth-order valence-corrected chi connectivity index (χ4v) is 13.7. The summed E-state index contributed by atoms with van der Waals surface area (Å²) in [6.45, 7) is 44.7. The molecule has 2 aromatic carbocycles. The minimum Gasteiger partial charge on any atom is -0.481 e. The van der Waals surface area contributed by atoms with E-state index in [0.29, 0.717) is 84.0 Å². The molecule has 2 fully saturated rings. The van der Waals surface area contributed by atoms with E-state index in [2.05, 4.69) is 107 Å². The van der Waals surface area contributed by atoms with Crippen molar-refractivity contribution in [3.8, 4) is 11.1 Å². The summed E-state index contributed by atoms with van der Waals surface area (Å²) in [5.41, 5.74) is 1.30. The second-order valence-electron chi connectivity index (χ2n) is 29.0. The van der Waals surface area contributed by atoms with Gasteiger partial charge in [-0.3, -0.25) is 14.4 Å². The molecule has 84 heavy (non-hydrogen) atoms. The molecule has 12 nitrogen and oxygen atoms in total. The molecule has 3 N–H and O–H groups in total. The number of carbonyl (C=O) groups is 5. The maximum Gasteiger partial charge on any atom is 0.342 e. The minimum absolute atomic E-state index is 0. The molecule has 2 aliphatic carbocycles. The van der Waals surface area contributed by atoms with Gasteiger partial charge in [-0.05, 0) is 132 Å². The van der Waals surface area contributed by atoms with Gasteiger partial charge in [-0.2, -0.15) is 0 Å². The van der Waals surface area contributed by atoms with E-state index in [9.17, 15) is 9.59 Å². The molecular formula is C71H105N4O8Zn-. The van der Waals surface area contributed by atoms with Gasteiger partial charge in [0, 0.05) is 72.2 Å². The van der Waals surface area contributed by atoms with Crippen molar-refractivity contribution >= 4 is 53.0 Å². The zero-order valence-electron chi connectivity index (χ0n) is 55.4. The van der Waals surface area contributed by atoms with Gasteiger partial charge in [-0.15, -0.1) is 0 Å². The molecule has 0 radical (unpaired) electrons. The Labute approximate surface area is 518 Å². The predicted molar refractivity (Wildman–Crippen MR) is 340 cm³/mol. The van der Waals surface area contributed by atoms with Gasteiger partial charge >= 0.3 is 11.9 Å². The summed E-state index contributed by atoms with van der Waals surface area (Å²) in [5.74, 6) is -1.17. The van der Waals surface area contributed by atoms with Crippen molar-refractivity contribution in [2.45, 2.75) is 222 Å². The summed E-state index contributed by atoms with van der Waals surface area (Å²) in [7, 11) is 0. The molecule has 6 rings (SSSR count). The summed E-state index contributed by atoms with van der Waals surface area (Å²) < 4.78 is 14.1. The van der Waals surface area contributed by atoms with E-state index in [1.807, 2.05) is 108 Å². The number of carboxylic acids is 1. The molecule has 3 aromatic rings. The van der Waals surface area contributed by atoms with Crippen LogP contribution in [0.25, 0.3) is 28.1 Å². The summed E-state index contributed by atoms with van der Waals surface area (Å²) in [4.78, 5) is 78.9. The van der Waals surface area contributed by atoms with Crippen molar-refractivity contribution in [1.82, 2.24) is 4.98 Å². The molecule has 4 atom stereocenters. The van der Waals surface area contributed by atoms with Gasteiger partial charge in [-0.1, -0.05) is 199 Å². The number of allylic oxidation sites excluding steroid dienone is 1. The topological polar surface area (TPSA) is 178 Å². The number of aliphatic carboxylic acids is 1. The average molecular weight is 1210 g/mol. The smallest absolute Gasteiger partial charge is 0.342 e. The number of rotatable bonds is 16. The predicted octanol–water partition coefficient (Wildman–Crippen LogP) is 18.2. The number of aromatic nitrogens is 1. The third kappa shape index (κ3) is 16.3. The maximum atomic E-state index is 15.9. The Kier molecular flexibility index (Phi) is 24.3. The van der Waals surface area contributed by atoms with E-state index in [4.69, 9.17) is 29.7 Å². The Hall–Kier alpha value is -5.16. The third-order valence-corrected chi connectivity index (χ3v) is 19.4. The van der Waals surface area contributed by atoms with Gasteiger partial charge in [0.2, 0.25) is 5.91 Å². The zero-order valence-corrected chi connectivity index (χ0v) is 58.4. The van der Waals surface area contributed by atoms with E-state index < -0.39 is 40.9 Å². The summed E-state index contributed by atoms with van der Waals surface area (Å²) in [6, 6.07) is 19.3. The van der Waals surface area contributed by atoms with Crippen LogP contribution in [0.5, 0.6) is 0 Å². The number of benzene rings is 2. The average Bonchev–Trinajstić information content (AvgIpc) is 2.04. The summed E-state index contributed by atoms with van der Waals surface area (Å²) >= 11 is 0. The van der Waals surface area contributed by atoms with E-state index in [0.717, 1.165) is 32.6 Å². The van der Waals surface area contributed by atoms with Gasteiger partial charge in [-0.25, -0.2) is 9.59 Å². The fraction of sp³-hybridized carbons (Fsp3) is 0.634. The Morgan fingerprint density at radius 2 is 0.976 bits per heavy atom. The van der Waals surface area contributed by atoms with Crippen LogP contribution in [-0.2, 0) is 48.1 Å². The number of H-pyrrole nitrogens is 1. The first-order valence-electron chi connectivity index (χ1n) is 31.2. The van der Waals surface area contributed by atoms with Gasteiger partial charge in [0.05, 0.1) is 5.57 Å². The molecule has 1 aromatic heterocycles. The number of aromatic amines is 1. The second-order valence-corrected chi connectivity index (χ2v) is 29.0. The Bertz CT molecular complexity index is 2780. The van der Waals surface area contributed by atoms with E-state index in [1.165, 1.54) is 0 Å². The quantitative estimate of drug-likeness (QED) is 0.0937. The van der Waals surface area contributed by atoms with Crippen molar-refractivity contribution in [3.05, 3.63) is 94.1 Å². The summed E-state index contributed by atoms with van der Waals surface area (Å²) in [6.07, 6.45) is 8.11. The van der Waals surface area contributed by atoms with E-state index in [1.54, 1.807) is 0 Å². The van der Waals surface area contributed by atoms with Crippen molar-refractivity contribution in [3.63, 3.8) is 0 Å². The van der Waals surface area contributed by atoms with Gasteiger partial charge < -0.3 is 35.2 Å². The van der Waals surface area contributed by atoms with Crippen molar-refractivity contribution in [2.75, 3.05) is 5.32 Å². The molecule has 3 aliphatic rings. The molecule has 2 saturated carbocycles. The van der Waals surface area contributed by atoms with Crippen LogP contribution in [0.15, 0.2) is 76.9 Å².